The first-order chi connectivity index (χ1) is 17.0. The number of fused-ring (bicyclic) bond motifs is 1. The standard InChI is InChI=1S/C27H41N5O3Si/c1-27(2,3)35-26(33)31-15-13-30(14-16-31)24-19-21(20-34-17-18-36(4,5)6)11-12-32(24)25-22-9-7-8-10-23(22)28-29-25/h7-11,19H,12-18,20H2,1-6H3,(H,28,29). The van der Waals surface area contributed by atoms with Crippen molar-refractivity contribution < 1.29 is 14.3 Å². The number of hydrogen-bond donors (Lipinski definition) is 1. The molecule has 4 rings (SSSR count). The molecular formula is C27H41N5O3Si. The molecule has 1 amide bonds. The second-order valence-electron chi connectivity index (χ2n) is 11.8. The third-order valence-electron chi connectivity index (χ3n) is 6.35. The van der Waals surface area contributed by atoms with Gasteiger partial charge in [0.2, 0.25) is 0 Å². The third kappa shape index (κ3) is 6.70. The Morgan fingerprint density at radius 1 is 1.11 bits per heavy atom. The Bertz CT molecular complexity index is 1120. The quantitative estimate of drug-likeness (QED) is 0.414. The van der Waals surface area contributed by atoms with Crippen LogP contribution in [0.3, 0.4) is 0 Å². The van der Waals surface area contributed by atoms with Crippen molar-refractivity contribution in [3.63, 3.8) is 0 Å². The van der Waals surface area contributed by atoms with Crippen LogP contribution in [-0.2, 0) is 9.47 Å². The molecule has 0 saturated carbocycles. The number of aromatic nitrogens is 2. The maximum Gasteiger partial charge on any atom is 0.410 e. The Balaban J connectivity index is 1.50. The molecule has 196 valence electrons. The summed E-state index contributed by atoms with van der Waals surface area (Å²) in [6.45, 7) is 17.7. The highest BCUT2D eigenvalue weighted by Gasteiger charge is 2.30. The van der Waals surface area contributed by atoms with Crippen molar-refractivity contribution in [2.45, 2.75) is 52.1 Å². The molecule has 1 fully saturated rings. The van der Waals surface area contributed by atoms with Crippen molar-refractivity contribution >= 4 is 30.9 Å². The Hall–Kier alpha value is -2.78. The second kappa shape index (κ2) is 10.7. The van der Waals surface area contributed by atoms with E-state index in [-0.39, 0.29) is 6.09 Å². The molecule has 0 radical (unpaired) electrons. The van der Waals surface area contributed by atoms with Crippen molar-refractivity contribution in [3.05, 3.63) is 47.8 Å². The summed E-state index contributed by atoms with van der Waals surface area (Å²) in [7, 11) is -1.12. The normalized spacial score (nSPS) is 17.3. The van der Waals surface area contributed by atoms with Crippen LogP contribution in [0.15, 0.2) is 47.8 Å². The first kappa shape index (κ1) is 26.3. The van der Waals surface area contributed by atoms with Crippen molar-refractivity contribution in [1.29, 1.82) is 0 Å². The number of para-hydroxylation sites is 1. The molecule has 0 unspecified atom stereocenters. The maximum absolute atomic E-state index is 12.6. The average molecular weight is 512 g/mol. The number of nitrogens with one attached hydrogen (secondary N) is 1. The number of aromatic amines is 1. The van der Waals surface area contributed by atoms with Crippen LogP contribution in [0.1, 0.15) is 20.8 Å². The van der Waals surface area contributed by atoms with Crippen LogP contribution in [0.2, 0.25) is 25.7 Å². The Labute approximate surface area is 215 Å². The monoisotopic (exact) mass is 511 g/mol. The molecule has 36 heavy (non-hydrogen) atoms. The van der Waals surface area contributed by atoms with E-state index in [1.807, 2.05) is 39.0 Å². The van der Waals surface area contributed by atoms with Gasteiger partial charge in [-0.3, -0.25) is 5.10 Å². The number of nitrogens with zero attached hydrogens (tertiary/aromatic N) is 4. The largest absolute Gasteiger partial charge is 0.444 e. The van der Waals surface area contributed by atoms with E-state index in [0.29, 0.717) is 19.7 Å². The van der Waals surface area contributed by atoms with Gasteiger partial charge in [-0.05, 0) is 50.6 Å². The summed E-state index contributed by atoms with van der Waals surface area (Å²) in [4.78, 5) is 19.0. The summed E-state index contributed by atoms with van der Waals surface area (Å²) < 4.78 is 11.7. The van der Waals surface area contributed by atoms with Gasteiger partial charge in [0.15, 0.2) is 5.82 Å². The number of H-pyrrole nitrogens is 1. The molecule has 3 heterocycles. The van der Waals surface area contributed by atoms with Gasteiger partial charge in [0.25, 0.3) is 0 Å². The van der Waals surface area contributed by atoms with E-state index in [1.54, 1.807) is 4.90 Å². The minimum atomic E-state index is -1.12. The van der Waals surface area contributed by atoms with Crippen LogP contribution in [-0.4, -0.2) is 85.7 Å². The molecule has 2 aromatic rings. The van der Waals surface area contributed by atoms with Gasteiger partial charge in [-0.1, -0.05) is 37.8 Å². The SMILES string of the molecule is CC(C)(C)OC(=O)N1CCN(C2=CC(COCC[Si](C)(C)C)=CCN2c2n[nH]c3ccccc23)CC1. The Morgan fingerprint density at radius 3 is 2.53 bits per heavy atom. The van der Waals surface area contributed by atoms with Crippen molar-refractivity contribution in [1.82, 2.24) is 20.0 Å². The summed E-state index contributed by atoms with van der Waals surface area (Å²) in [6, 6.07) is 9.37. The first-order valence-electron chi connectivity index (χ1n) is 12.9. The van der Waals surface area contributed by atoms with Crippen LogP contribution in [0.4, 0.5) is 10.6 Å². The Kier molecular flexibility index (Phi) is 7.80. The third-order valence-corrected chi connectivity index (χ3v) is 8.06. The lowest BCUT2D eigenvalue weighted by Gasteiger charge is -2.41. The molecule has 1 aromatic carbocycles. The highest BCUT2D eigenvalue weighted by molar-refractivity contribution is 6.76. The fourth-order valence-electron chi connectivity index (χ4n) is 4.33. The molecular weight excluding hydrogens is 470 g/mol. The molecule has 1 N–H and O–H groups in total. The molecule has 8 nitrogen and oxygen atoms in total. The van der Waals surface area contributed by atoms with E-state index in [0.717, 1.165) is 54.8 Å². The van der Waals surface area contributed by atoms with Crippen LogP contribution in [0.5, 0.6) is 0 Å². The van der Waals surface area contributed by atoms with E-state index in [1.165, 1.54) is 5.57 Å². The van der Waals surface area contributed by atoms with Crippen molar-refractivity contribution in [2.24, 2.45) is 0 Å². The lowest BCUT2D eigenvalue weighted by Crippen LogP contribution is -2.52. The van der Waals surface area contributed by atoms with Gasteiger partial charge >= 0.3 is 6.09 Å². The van der Waals surface area contributed by atoms with E-state index in [2.05, 4.69) is 57.9 Å². The lowest BCUT2D eigenvalue weighted by atomic mass is 10.1. The zero-order valence-corrected chi connectivity index (χ0v) is 23.6. The highest BCUT2D eigenvalue weighted by Crippen LogP contribution is 2.31. The van der Waals surface area contributed by atoms with Crippen LogP contribution in [0, 0.1) is 0 Å². The molecule has 0 bridgehead atoms. The van der Waals surface area contributed by atoms with E-state index in [9.17, 15) is 4.79 Å². The number of piperazine rings is 1. The van der Waals surface area contributed by atoms with Crippen LogP contribution in [0.25, 0.3) is 10.9 Å². The molecule has 2 aliphatic rings. The maximum atomic E-state index is 12.6. The second-order valence-corrected chi connectivity index (χ2v) is 17.4. The number of ether oxygens (including phenoxy) is 2. The van der Waals surface area contributed by atoms with Gasteiger partial charge in [-0.25, -0.2) is 4.79 Å². The average Bonchev–Trinajstić information content (AvgIpc) is 3.24. The number of amides is 1. The molecule has 9 heteroatoms. The highest BCUT2D eigenvalue weighted by atomic mass is 28.3. The van der Waals surface area contributed by atoms with Gasteiger partial charge in [-0.2, -0.15) is 5.10 Å². The smallest absolute Gasteiger partial charge is 0.410 e. The van der Waals surface area contributed by atoms with E-state index >= 15 is 0 Å². The summed E-state index contributed by atoms with van der Waals surface area (Å²) in [6.07, 6.45) is 4.22. The zero-order valence-electron chi connectivity index (χ0n) is 22.6. The predicted octanol–water partition coefficient (Wildman–Crippen LogP) is 5.06. The number of carbonyl (C=O) groups excluding carboxylic acids is 1. The number of anilines is 1. The summed E-state index contributed by atoms with van der Waals surface area (Å²) >= 11 is 0. The topological polar surface area (TPSA) is 73.9 Å². The van der Waals surface area contributed by atoms with Crippen molar-refractivity contribution in [2.75, 3.05) is 50.8 Å². The van der Waals surface area contributed by atoms with Gasteiger partial charge in [-0.15, -0.1) is 0 Å². The molecule has 1 saturated heterocycles. The molecule has 0 spiro atoms. The number of benzene rings is 1. The number of hydrogen-bond acceptors (Lipinski definition) is 6. The van der Waals surface area contributed by atoms with Gasteiger partial charge in [0.1, 0.15) is 11.4 Å². The molecule has 1 aromatic heterocycles. The zero-order chi connectivity index (χ0) is 25.9. The van der Waals surface area contributed by atoms with E-state index < -0.39 is 13.7 Å². The summed E-state index contributed by atoms with van der Waals surface area (Å²) in [5, 5.41) is 8.94. The van der Waals surface area contributed by atoms with Gasteiger partial charge < -0.3 is 24.2 Å². The predicted molar refractivity (Wildman–Crippen MR) is 148 cm³/mol. The summed E-state index contributed by atoms with van der Waals surface area (Å²) in [5.41, 5.74) is 1.71. The number of carbonyl (C=O) groups is 1. The van der Waals surface area contributed by atoms with Gasteiger partial charge in [0.05, 0.1) is 12.1 Å². The molecule has 2 aliphatic heterocycles. The minimum absolute atomic E-state index is 0.244. The Morgan fingerprint density at radius 2 is 1.83 bits per heavy atom. The summed E-state index contributed by atoms with van der Waals surface area (Å²) in [5.74, 6) is 2.02. The molecule has 0 aliphatic carbocycles. The molecule has 0 atom stereocenters. The fraction of sp³-hybridized carbons (Fsp3) is 0.556. The van der Waals surface area contributed by atoms with Crippen molar-refractivity contribution in [3.8, 4) is 0 Å². The fourth-order valence-corrected chi connectivity index (χ4v) is 5.09. The lowest BCUT2D eigenvalue weighted by molar-refractivity contribution is 0.0167. The minimum Gasteiger partial charge on any atom is -0.444 e. The number of rotatable bonds is 7. The van der Waals surface area contributed by atoms with Crippen LogP contribution >= 0.6 is 0 Å². The van der Waals surface area contributed by atoms with Gasteiger partial charge in [0, 0.05) is 52.8 Å². The van der Waals surface area contributed by atoms with E-state index in [4.69, 9.17) is 9.47 Å². The first-order valence-corrected chi connectivity index (χ1v) is 16.6. The van der Waals surface area contributed by atoms with Crippen LogP contribution < -0.4 is 4.90 Å².